The first-order valence-electron chi connectivity index (χ1n) is 10.2. The Labute approximate surface area is 170 Å². The van der Waals surface area contributed by atoms with E-state index in [4.69, 9.17) is 4.74 Å². The standard InChI is InChI=1S/C22H30O7/c1-10-7-20-11(2)8-21(27)15(19(21,4)5)14(17(20)26)6-13(9-23)16(25)22(20,28)18(10)29-12(3)24/h6-7,11,14-16,18,23,25,27-28H,8-9H2,1-5H3/t11?,14-,15+,16+,18-,20?,21-,22-/m0/s1. The third-order valence-electron chi connectivity index (χ3n) is 8.35. The maximum Gasteiger partial charge on any atom is 0.303 e. The quantitative estimate of drug-likeness (QED) is 0.389. The summed E-state index contributed by atoms with van der Waals surface area (Å²) < 4.78 is 5.40. The van der Waals surface area contributed by atoms with Crippen molar-refractivity contribution in [2.45, 2.75) is 64.4 Å². The van der Waals surface area contributed by atoms with Gasteiger partial charge in [-0.05, 0) is 30.4 Å². The van der Waals surface area contributed by atoms with Gasteiger partial charge in [-0.2, -0.15) is 0 Å². The molecule has 2 bridgehead atoms. The van der Waals surface area contributed by atoms with Gasteiger partial charge in [0.1, 0.15) is 6.10 Å². The van der Waals surface area contributed by atoms with E-state index < -0.39 is 58.7 Å². The van der Waals surface area contributed by atoms with Gasteiger partial charge in [0, 0.05) is 24.2 Å². The number of esters is 1. The summed E-state index contributed by atoms with van der Waals surface area (Å²) in [5.74, 6) is -2.65. The molecule has 8 atom stereocenters. The van der Waals surface area contributed by atoms with Crippen molar-refractivity contribution in [2.24, 2.45) is 28.6 Å². The summed E-state index contributed by atoms with van der Waals surface area (Å²) in [6, 6.07) is 0. The van der Waals surface area contributed by atoms with Gasteiger partial charge in [0.2, 0.25) is 0 Å². The van der Waals surface area contributed by atoms with Gasteiger partial charge in [-0.1, -0.05) is 32.9 Å². The van der Waals surface area contributed by atoms with Crippen molar-refractivity contribution in [2.75, 3.05) is 6.61 Å². The van der Waals surface area contributed by atoms with Gasteiger partial charge in [0.25, 0.3) is 0 Å². The Morgan fingerprint density at radius 3 is 2.48 bits per heavy atom. The number of ketones is 1. The maximum atomic E-state index is 14.0. The highest BCUT2D eigenvalue weighted by molar-refractivity contribution is 5.95. The van der Waals surface area contributed by atoms with Crippen LogP contribution in [0.5, 0.6) is 0 Å². The molecular formula is C22H30O7. The number of hydrogen-bond acceptors (Lipinski definition) is 7. The Hall–Kier alpha value is -1.54. The van der Waals surface area contributed by atoms with Crippen molar-refractivity contribution >= 4 is 11.8 Å². The zero-order chi connectivity index (χ0) is 21.7. The van der Waals surface area contributed by atoms with E-state index in [0.717, 1.165) is 0 Å². The molecule has 7 heteroatoms. The van der Waals surface area contributed by atoms with Crippen molar-refractivity contribution in [3.8, 4) is 0 Å². The zero-order valence-corrected chi connectivity index (χ0v) is 17.5. The Morgan fingerprint density at radius 1 is 1.31 bits per heavy atom. The first-order valence-corrected chi connectivity index (χ1v) is 10.2. The number of aliphatic hydroxyl groups excluding tert-OH is 2. The molecule has 0 amide bonds. The molecule has 2 unspecified atom stereocenters. The summed E-state index contributed by atoms with van der Waals surface area (Å²) >= 11 is 0. The van der Waals surface area contributed by atoms with Crippen LogP contribution < -0.4 is 0 Å². The van der Waals surface area contributed by atoms with Crippen LogP contribution in [0.4, 0.5) is 0 Å². The van der Waals surface area contributed by atoms with Crippen molar-refractivity contribution in [3.05, 3.63) is 23.3 Å². The number of Topliss-reactive ketones (excluding diaryl/α,β-unsaturated/α-hetero) is 1. The lowest BCUT2D eigenvalue weighted by atomic mass is 9.59. The van der Waals surface area contributed by atoms with Crippen LogP contribution in [0.2, 0.25) is 0 Å². The number of carbonyl (C=O) groups is 2. The molecule has 1 spiro atoms. The molecule has 0 heterocycles. The number of allylic oxidation sites excluding steroid dienone is 1. The molecule has 4 aliphatic carbocycles. The Balaban J connectivity index is 2.00. The molecule has 2 fully saturated rings. The Morgan fingerprint density at radius 2 is 1.93 bits per heavy atom. The van der Waals surface area contributed by atoms with Crippen LogP contribution in [0, 0.1) is 28.6 Å². The van der Waals surface area contributed by atoms with E-state index in [1.807, 2.05) is 13.8 Å². The molecule has 0 aromatic carbocycles. The van der Waals surface area contributed by atoms with Crippen LogP contribution in [0.1, 0.15) is 41.0 Å². The van der Waals surface area contributed by atoms with E-state index in [0.29, 0.717) is 5.57 Å². The van der Waals surface area contributed by atoms with Gasteiger partial charge < -0.3 is 25.2 Å². The van der Waals surface area contributed by atoms with E-state index in [1.165, 1.54) is 13.0 Å². The second-order valence-electron chi connectivity index (χ2n) is 9.99. The van der Waals surface area contributed by atoms with Gasteiger partial charge in [0.05, 0.1) is 17.6 Å². The van der Waals surface area contributed by atoms with Crippen LogP contribution in [0.3, 0.4) is 0 Å². The summed E-state index contributed by atoms with van der Waals surface area (Å²) in [5.41, 5.74) is -4.75. The van der Waals surface area contributed by atoms with Crippen molar-refractivity contribution in [3.63, 3.8) is 0 Å². The molecular weight excluding hydrogens is 376 g/mol. The second kappa shape index (κ2) is 5.78. The SMILES string of the molecule is CC(=O)O[C@H]1C(C)=CC23C(=O)[C@@H](C=C(CO)[C@@H](O)[C@]12O)[C@@H]1C(C)(C)[C@]1(O)CC3C. The van der Waals surface area contributed by atoms with Gasteiger partial charge in [-0.25, -0.2) is 0 Å². The first kappa shape index (κ1) is 20.7. The molecule has 0 aliphatic heterocycles. The third kappa shape index (κ3) is 2.12. The van der Waals surface area contributed by atoms with Crippen molar-refractivity contribution in [1.82, 2.24) is 0 Å². The molecule has 4 N–H and O–H groups in total. The van der Waals surface area contributed by atoms with Gasteiger partial charge in [-0.3, -0.25) is 9.59 Å². The summed E-state index contributed by atoms with van der Waals surface area (Å²) in [6.07, 6.45) is 0.573. The monoisotopic (exact) mass is 406 g/mol. The predicted octanol–water partition coefficient (Wildman–Crippen LogP) is 0.501. The van der Waals surface area contributed by atoms with E-state index in [2.05, 4.69) is 0 Å². The molecule has 0 radical (unpaired) electrons. The number of aliphatic hydroxyl groups is 4. The fraction of sp³-hybridized carbons (Fsp3) is 0.727. The smallest absolute Gasteiger partial charge is 0.303 e. The van der Waals surface area contributed by atoms with Crippen molar-refractivity contribution < 1.29 is 34.8 Å². The summed E-state index contributed by atoms with van der Waals surface area (Å²) in [5, 5.41) is 44.6. The highest BCUT2D eigenvalue weighted by Crippen LogP contribution is 2.73. The number of fused-ring (bicyclic) bond motifs is 3. The lowest BCUT2D eigenvalue weighted by Crippen LogP contribution is -2.65. The highest BCUT2D eigenvalue weighted by Gasteiger charge is 2.81. The Bertz CT molecular complexity index is 857. The van der Waals surface area contributed by atoms with Gasteiger partial charge in [0.15, 0.2) is 17.5 Å². The average molecular weight is 406 g/mol. The van der Waals surface area contributed by atoms with Crippen LogP contribution >= 0.6 is 0 Å². The minimum atomic E-state index is -2.17. The predicted molar refractivity (Wildman–Crippen MR) is 102 cm³/mol. The molecule has 4 rings (SSSR count). The number of hydrogen-bond donors (Lipinski definition) is 4. The minimum Gasteiger partial charge on any atom is -0.455 e. The maximum absolute atomic E-state index is 14.0. The topological polar surface area (TPSA) is 124 Å². The molecule has 0 saturated heterocycles. The molecule has 4 aliphatic rings. The van der Waals surface area contributed by atoms with Crippen LogP contribution in [0.25, 0.3) is 0 Å². The van der Waals surface area contributed by atoms with Gasteiger partial charge >= 0.3 is 5.97 Å². The molecule has 2 saturated carbocycles. The highest BCUT2D eigenvalue weighted by atomic mass is 16.6. The number of rotatable bonds is 2. The van der Waals surface area contributed by atoms with Crippen LogP contribution in [-0.2, 0) is 14.3 Å². The lowest BCUT2D eigenvalue weighted by Gasteiger charge is -2.48. The summed E-state index contributed by atoms with van der Waals surface area (Å²) in [6.45, 7) is 7.90. The Kier molecular flexibility index (Phi) is 4.13. The first-order chi connectivity index (χ1) is 13.3. The van der Waals surface area contributed by atoms with E-state index in [1.54, 1.807) is 19.9 Å². The van der Waals surface area contributed by atoms with Crippen LogP contribution in [0.15, 0.2) is 23.3 Å². The lowest BCUT2D eigenvalue weighted by molar-refractivity contribution is -0.203. The number of ether oxygens (including phenoxy) is 1. The molecule has 0 aromatic rings. The van der Waals surface area contributed by atoms with E-state index in [9.17, 15) is 30.0 Å². The fourth-order valence-corrected chi connectivity index (χ4v) is 6.86. The summed E-state index contributed by atoms with van der Waals surface area (Å²) in [4.78, 5) is 25.8. The summed E-state index contributed by atoms with van der Waals surface area (Å²) in [7, 11) is 0. The zero-order valence-electron chi connectivity index (χ0n) is 17.5. The minimum absolute atomic E-state index is 0.104. The van der Waals surface area contributed by atoms with Crippen molar-refractivity contribution in [1.29, 1.82) is 0 Å². The molecule has 160 valence electrons. The third-order valence-corrected chi connectivity index (χ3v) is 8.35. The fourth-order valence-electron chi connectivity index (χ4n) is 6.86. The van der Waals surface area contributed by atoms with Crippen LogP contribution in [-0.4, -0.2) is 62.2 Å². The largest absolute Gasteiger partial charge is 0.455 e. The molecule has 29 heavy (non-hydrogen) atoms. The molecule has 7 nitrogen and oxygen atoms in total. The average Bonchev–Trinajstić information content (AvgIpc) is 2.99. The number of carbonyl (C=O) groups excluding carboxylic acids is 2. The second-order valence-corrected chi connectivity index (χ2v) is 9.99. The van der Waals surface area contributed by atoms with Gasteiger partial charge in [-0.15, -0.1) is 0 Å². The van der Waals surface area contributed by atoms with E-state index in [-0.39, 0.29) is 23.7 Å². The van der Waals surface area contributed by atoms with E-state index >= 15 is 0 Å². The normalized spacial score (nSPS) is 49.8. The molecule has 0 aromatic heterocycles.